The van der Waals surface area contributed by atoms with Crippen molar-refractivity contribution in [2.45, 2.75) is 18.8 Å². The van der Waals surface area contributed by atoms with Gasteiger partial charge in [0.2, 0.25) is 5.43 Å². The van der Waals surface area contributed by atoms with Crippen LogP contribution in [0.2, 0.25) is 0 Å². The third kappa shape index (κ3) is 4.00. The van der Waals surface area contributed by atoms with Crippen LogP contribution in [0.4, 0.5) is 8.78 Å². The van der Waals surface area contributed by atoms with E-state index in [9.17, 15) is 14.0 Å². The molecule has 220 valence electrons. The molecule has 2 aliphatic heterocycles. The van der Waals surface area contributed by atoms with Gasteiger partial charge in [-0.25, -0.2) is 13.8 Å². The SMILES string of the molecule is O=C1c2c(OCc3ccccc3)c(=O)ccn2N(C2c3ccccc3-c3scnc3-c3c2ccc(F)c3F)C2COCCN12. The summed E-state index contributed by atoms with van der Waals surface area (Å²) in [6, 6.07) is 20.3. The van der Waals surface area contributed by atoms with Crippen molar-refractivity contribution < 1.29 is 23.0 Å². The zero-order valence-corrected chi connectivity index (χ0v) is 24.0. The number of thiazole rings is 1. The number of nitrogens with zero attached hydrogens (tertiary/aromatic N) is 4. The predicted octanol–water partition coefficient (Wildman–Crippen LogP) is 5.35. The molecule has 1 fully saturated rings. The molecule has 4 heterocycles. The molecule has 1 saturated heterocycles. The van der Waals surface area contributed by atoms with E-state index in [2.05, 4.69) is 4.98 Å². The minimum atomic E-state index is -0.996. The molecule has 1 amide bonds. The first-order valence-corrected chi connectivity index (χ1v) is 15.0. The minimum Gasteiger partial charge on any atom is -0.482 e. The molecule has 11 heteroatoms. The number of halogens is 2. The number of pyridine rings is 1. The fourth-order valence-corrected chi connectivity index (χ4v) is 7.28. The molecule has 44 heavy (non-hydrogen) atoms. The molecular weight excluding hydrogens is 586 g/mol. The van der Waals surface area contributed by atoms with E-state index in [0.717, 1.165) is 22.8 Å². The van der Waals surface area contributed by atoms with E-state index in [0.29, 0.717) is 22.7 Å². The second kappa shape index (κ2) is 10.4. The summed E-state index contributed by atoms with van der Waals surface area (Å²) in [5.74, 6) is -2.43. The molecule has 3 aromatic carbocycles. The van der Waals surface area contributed by atoms with Crippen molar-refractivity contribution in [2.75, 3.05) is 24.8 Å². The van der Waals surface area contributed by atoms with Crippen LogP contribution in [0.3, 0.4) is 0 Å². The molecule has 5 aromatic rings. The Labute approximate surface area is 254 Å². The maximum absolute atomic E-state index is 15.9. The molecule has 2 aromatic heterocycles. The van der Waals surface area contributed by atoms with Gasteiger partial charge in [-0.3, -0.25) is 19.3 Å². The van der Waals surface area contributed by atoms with Crippen molar-refractivity contribution in [3.63, 3.8) is 0 Å². The summed E-state index contributed by atoms with van der Waals surface area (Å²) in [6.07, 6.45) is 0.911. The van der Waals surface area contributed by atoms with Crippen LogP contribution >= 0.6 is 11.3 Å². The lowest BCUT2D eigenvalue weighted by Gasteiger charge is -2.51. The molecule has 3 aliphatic rings. The van der Waals surface area contributed by atoms with Crippen molar-refractivity contribution in [3.8, 4) is 27.4 Å². The maximum Gasteiger partial charge on any atom is 0.278 e. The molecule has 2 unspecified atom stereocenters. The monoisotopic (exact) mass is 610 g/mol. The number of hydrogen-bond acceptors (Lipinski definition) is 7. The Kier molecular flexibility index (Phi) is 6.31. The summed E-state index contributed by atoms with van der Waals surface area (Å²) >= 11 is 1.35. The summed E-state index contributed by atoms with van der Waals surface area (Å²) in [4.78, 5) is 34.3. The van der Waals surface area contributed by atoms with Crippen LogP contribution in [0.5, 0.6) is 5.75 Å². The van der Waals surface area contributed by atoms with Gasteiger partial charge in [0, 0.05) is 24.4 Å². The largest absolute Gasteiger partial charge is 0.482 e. The standard InChI is InChI=1S/C33H24F2N4O4S/c34-23-11-10-22-26(27(23)35)28-32(44-18-36-28)21-9-5-4-8-20(21)29(22)39-25-17-42-15-14-37(25)33(41)30-31(24(40)12-13-38(30)39)43-16-19-6-2-1-3-7-19/h1-13,18,25,29H,14-17H2. The number of hydrogen-bond donors (Lipinski definition) is 0. The average Bonchev–Trinajstić information content (AvgIpc) is 3.50. The van der Waals surface area contributed by atoms with Gasteiger partial charge in [0.15, 0.2) is 23.1 Å². The highest BCUT2D eigenvalue weighted by Crippen LogP contribution is 2.50. The van der Waals surface area contributed by atoms with Gasteiger partial charge >= 0.3 is 0 Å². The summed E-state index contributed by atoms with van der Waals surface area (Å²) in [7, 11) is 0. The van der Waals surface area contributed by atoms with Gasteiger partial charge in [-0.05, 0) is 28.3 Å². The lowest BCUT2D eigenvalue weighted by atomic mass is 9.92. The number of morpholine rings is 1. The number of amides is 1. The minimum absolute atomic E-state index is 0.0605. The lowest BCUT2D eigenvalue weighted by Crippen LogP contribution is -2.66. The highest BCUT2D eigenvalue weighted by Gasteiger charge is 2.47. The smallest absolute Gasteiger partial charge is 0.278 e. The summed E-state index contributed by atoms with van der Waals surface area (Å²) in [5, 5.41) is 1.91. The van der Waals surface area contributed by atoms with E-state index in [1.165, 1.54) is 23.6 Å². The van der Waals surface area contributed by atoms with Crippen LogP contribution in [0.15, 0.2) is 89.3 Å². The van der Waals surface area contributed by atoms with Gasteiger partial charge < -0.3 is 14.4 Å². The first kappa shape index (κ1) is 26.7. The average molecular weight is 611 g/mol. The Balaban J connectivity index is 1.39. The van der Waals surface area contributed by atoms with Crippen LogP contribution in [-0.2, 0) is 11.3 Å². The highest BCUT2D eigenvalue weighted by molar-refractivity contribution is 7.13. The number of rotatable bonds is 4. The van der Waals surface area contributed by atoms with Gasteiger partial charge in [-0.15, -0.1) is 11.3 Å². The molecular formula is C33H24F2N4O4S. The number of carbonyl (C=O) groups is 1. The quantitative estimate of drug-likeness (QED) is 0.273. The zero-order valence-electron chi connectivity index (χ0n) is 23.2. The van der Waals surface area contributed by atoms with E-state index < -0.39 is 29.3 Å². The summed E-state index contributed by atoms with van der Waals surface area (Å²) < 4.78 is 44.3. The first-order valence-electron chi connectivity index (χ1n) is 14.1. The Morgan fingerprint density at radius 2 is 1.80 bits per heavy atom. The van der Waals surface area contributed by atoms with E-state index in [-0.39, 0.29) is 42.7 Å². The van der Waals surface area contributed by atoms with E-state index in [1.807, 2.05) is 59.6 Å². The zero-order chi connectivity index (χ0) is 29.9. The number of ether oxygens (including phenoxy) is 2. The first-order chi connectivity index (χ1) is 21.5. The Bertz CT molecular complexity index is 2000. The summed E-state index contributed by atoms with van der Waals surface area (Å²) in [6.45, 7) is 0.828. The number of carbonyl (C=O) groups excluding carboxylic acids is 1. The molecule has 1 aliphatic carbocycles. The van der Waals surface area contributed by atoms with Crippen molar-refractivity contribution >= 4 is 17.2 Å². The Hall–Kier alpha value is -4.87. The summed E-state index contributed by atoms with van der Waals surface area (Å²) in [5.41, 5.74) is 4.59. The molecule has 2 atom stereocenters. The second-order valence-corrected chi connectivity index (χ2v) is 11.6. The van der Waals surface area contributed by atoms with Crippen molar-refractivity contribution in [1.29, 1.82) is 0 Å². The van der Waals surface area contributed by atoms with Crippen LogP contribution in [0.25, 0.3) is 21.7 Å². The van der Waals surface area contributed by atoms with E-state index in [4.69, 9.17) is 9.47 Å². The Morgan fingerprint density at radius 1 is 0.977 bits per heavy atom. The van der Waals surface area contributed by atoms with Gasteiger partial charge in [0.1, 0.15) is 12.8 Å². The predicted molar refractivity (Wildman–Crippen MR) is 160 cm³/mol. The third-order valence-electron chi connectivity index (χ3n) is 8.37. The van der Waals surface area contributed by atoms with Gasteiger partial charge in [-0.1, -0.05) is 60.7 Å². The topological polar surface area (TPSA) is 76.9 Å². The van der Waals surface area contributed by atoms with Crippen LogP contribution in [0, 0.1) is 11.6 Å². The Morgan fingerprint density at radius 3 is 2.66 bits per heavy atom. The van der Waals surface area contributed by atoms with Gasteiger partial charge in [0.05, 0.1) is 35.3 Å². The fourth-order valence-electron chi connectivity index (χ4n) is 6.43. The maximum atomic E-state index is 15.9. The molecule has 8 nitrogen and oxygen atoms in total. The van der Waals surface area contributed by atoms with E-state index in [1.54, 1.807) is 21.2 Å². The normalized spacial score (nSPS) is 18.5. The lowest BCUT2D eigenvalue weighted by molar-refractivity contribution is -0.0197. The molecule has 0 radical (unpaired) electrons. The second-order valence-electron chi connectivity index (χ2n) is 10.8. The van der Waals surface area contributed by atoms with Crippen LogP contribution in [-0.4, -0.2) is 46.4 Å². The molecule has 0 saturated carbocycles. The number of aromatic nitrogens is 2. The molecule has 0 bridgehead atoms. The highest BCUT2D eigenvalue weighted by atomic mass is 32.1. The van der Waals surface area contributed by atoms with Gasteiger partial charge in [0.25, 0.3) is 5.91 Å². The number of benzene rings is 3. The fraction of sp³-hybridized carbons (Fsp3) is 0.182. The molecule has 0 N–H and O–H groups in total. The van der Waals surface area contributed by atoms with E-state index >= 15 is 4.39 Å². The van der Waals surface area contributed by atoms with Crippen molar-refractivity contribution in [3.05, 3.63) is 129 Å². The molecule has 0 spiro atoms. The van der Waals surface area contributed by atoms with Crippen LogP contribution < -0.4 is 15.2 Å². The number of fused-ring (bicyclic) bond motifs is 7. The molecule has 8 rings (SSSR count). The van der Waals surface area contributed by atoms with Crippen molar-refractivity contribution in [2.24, 2.45) is 0 Å². The van der Waals surface area contributed by atoms with Crippen LogP contribution in [0.1, 0.15) is 33.2 Å². The van der Waals surface area contributed by atoms with Crippen molar-refractivity contribution in [1.82, 2.24) is 14.6 Å². The third-order valence-corrected chi connectivity index (χ3v) is 9.23. The van der Waals surface area contributed by atoms with Gasteiger partial charge in [-0.2, -0.15) is 0 Å².